The third-order valence-electron chi connectivity index (χ3n) is 8.69. The standard InChI is InChI=1S/C30H47N3O4/c1-21-17-33(22(2)20-34)30(36)26-16-25(31-29(35)24-12-8-5-9-13-24)14-15-27(26)37-28(21)19-32(3)18-23-10-6-4-7-11-23/h14-16,21-24,28,34H,4-13,17-20H2,1-3H3,(H,31,35)/t21-,22+,28+/m1/s1. The fourth-order valence-electron chi connectivity index (χ4n) is 6.32. The Labute approximate surface area is 222 Å². The number of nitrogens with one attached hydrogen (secondary N) is 1. The molecule has 4 rings (SSSR count). The zero-order valence-electron chi connectivity index (χ0n) is 23.1. The molecule has 7 nitrogen and oxygen atoms in total. The molecule has 0 radical (unpaired) electrons. The summed E-state index contributed by atoms with van der Waals surface area (Å²) in [6.45, 7) is 6.28. The van der Waals surface area contributed by atoms with Crippen LogP contribution in [0.4, 0.5) is 5.69 Å². The van der Waals surface area contributed by atoms with E-state index in [-0.39, 0.29) is 42.4 Å². The van der Waals surface area contributed by atoms with Gasteiger partial charge in [-0.25, -0.2) is 0 Å². The first-order valence-electron chi connectivity index (χ1n) is 14.6. The van der Waals surface area contributed by atoms with Gasteiger partial charge in [0.15, 0.2) is 0 Å². The molecule has 7 heteroatoms. The zero-order chi connectivity index (χ0) is 26.4. The number of likely N-dealkylation sites (N-methyl/N-ethyl adjacent to an activating group) is 1. The lowest BCUT2D eigenvalue weighted by atomic mass is 9.88. The van der Waals surface area contributed by atoms with E-state index in [4.69, 9.17) is 4.74 Å². The highest BCUT2D eigenvalue weighted by Crippen LogP contribution is 2.32. The number of rotatable bonds is 8. The number of hydrogen-bond acceptors (Lipinski definition) is 5. The molecule has 3 aliphatic rings. The quantitative estimate of drug-likeness (QED) is 0.515. The number of aliphatic hydroxyl groups is 1. The number of carbonyl (C=O) groups excluding carboxylic acids is 2. The van der Waals surface area contributed by atoms with Gasteiger partial charge < -0.3 is 25.0 Å². The van der Waals surface area contributed by atoms with E-state index in [0.29, 0.717) is 23.5 Å². The summed E-state index contributed by atoms with van der Waals surface area (Å²) >= 11 is 0. The molecule has 2 saturated carbocycles. The maximum absolute atomic E-state index is 13.7. The van der Waals surface area contributed by atoms with Crippen molar-refractivity contribution < 1.29 is 19.4 Å². The number of anilines is 1. The topological polar surface area (TPSA) is 82.1 Å². The third-order valence-corrected chi connectivity index (χ3v) is 8.69. The molecule has 37 heavy (non-hydrogen) atoms. The van der Waals surface area contributed by atoms with Crippen molar-refractivity contribution in [3.63, 3.8) is 0 Å². The van der Waals surface area contributed by atoms with Crippen LogP contribution in [0.25, 0.3) is 0 Å². The van der Waals surface area contributed by atoms with Gasteiger partial charge >= 0.3 is 0 Å². The summed E-state index contributed by atoms with van der Waals surface area (Å²) in [6.07, 6.45) is 11.8. The smallest absolute Gasteiger partial charge is 0.258 e. The molecule has 0 bridgehead atoms. The molecule has 1 aromatic rings. The molecule has 0 aromatic heterocycles. The van der Waals surface area contributed by atoms with Gasteiger partial charge in [-0.1, -0.05) is 45.4 Å². The highest BCUT2D eigenvalue weighted by molar-refractivity contribution is 6.00. The largest absolute Gasteiger partial charge is 0.488 e. The SMILES string of the molecule is C[C@@H]1CN([C@@H](C)CO)C(=O)c2cc(NC(=O)C3CCCCC3)ccc2O[C@H]1CN(C)CC1CCCCC1. The molecule has 206 valence electrons. The van der Waals surface area contributed by atoms with E-state index in [1.54, 1.807) is 11.0 Å². The van der Waals surface area contributed by atoms with Crippen molar-refractivity contribution in [2.24, 2.45) is 17.8 Å². The molecule has 1 heterocycles. The lowest BCUT2D eigenvalue weighted by molar-refractivity contribution is -0.120. The van der Waals surface area contributed by atoms with E-state index in [1.165, 1.54) is 38.5 Å². The van der Waals surface area contributed by atoms with Crippen LogP contribution in [-0.4, -0.2) is 72.2 Å². The van der Waals surface area contributed by atoms with Crippen molar-refractivity contribution in [1.82, 2.24) is 9.80 Å². The number of benzene rings is 1. The van der Waals surface area contributed by atoms with Crippen molar-refractivity contribution in [2.75, 3.05) is 38.6 Å². The fourth-order valence-corrected chi connectivity index (χ4v) is 6.32. The van der Waals surface area contributed by atoms with E-state index >= 15 is 0 Å². The van der Waals surface area contributed by atoms with E-state index in [0.717, 1.165) is 44.7 Å². The maximum Gasteiger partial charge on any atom is 0.258 e. The van der Waals surface area contributed by atoms with Crippen LogP contribution in [-0.2, 0) is 4.79 Å². The van der Waals surface area contributed by atoms with E-state index in [9.17, 15) is 14.7 Å². The van der Waals surface area contributed by atoms with Crippen molar-refractivity contribution in [3.8, 4) is 5.75 Å². The van der Waals surface area contributed by atoms with Gasteiger partial charge in [0.1, 0.15) is 11.9 Å². The molecule has 1 aliphatic heterocycles. The lowest BCUT2D eigenvalue weighted by Gasteiger charge is -2.38. The molecule has 2 aliphatic carbocycles. The minimum atomic E-state index is -0.304. The molecule has 2 fully saturated rings. The van der Waals surface area contributed by atoms with Crippen LogP contribution < -0.4 is 10.1 Å². The van der Waals surface area contributed by atoms with Crippen LogP contribution in [0.1, 0.15) is 88.4 Å². The van der Waals surface area contributed by atoms with E-state index in [2.05, 4.69) is 24.2 Å². The summed E-state index contributed by atoms with van der Waals surface area (Å²) in [5, 5.41) is 13.0. The van der Waals surface area contributed by atoms with Gasteiger partial charge in [0.05, 0.1) is 18.2 Å². The second kappa shape index (κ2) is 13.1. The van der Waals surface area contributed by atoms with Gasteiger partial charge in [-0.3, -0.25) is 9.59 Å². The minimum Gasteiger partial charge on any atom is -0.488 e. The second-order valence-electron chi connectivity index (χ2n) is 11.9. The Morgan fingerprint density at radius 3 is 2.46 bits per heavy atom. The normalized spacial score (nSPS) is 24.7. The first kappa shape index (κ1) is 27.9. The van der Waals surface area contributed by atoms with E-state index in [1.807, 2.05) is 19.1 Å². The molecular formula is C30H47N3O4. The van der Waals surface area contributed by atoms with Gasteiger partial charge in [-0.15, -0.1) is 0 Å². The van der Waals surface area contributed by atoms with Crippen molar-refractivity contribution in [3.05, 3.63) is 23.8 Å². The highest BCUT2D eigenvalue weighted by atomic mass is 16.5. The molecule has 2 amide bonds. The summed E-state index contributed by atoms with van der Waals surface area (Å²) in [4.78, 5) is 30.7. The van der Waals surface area contributed by atoms with Crippen molar-refractivity contribution >= 4 is 17.5 Å². The second-order valence-corrected chi connectivity index (χ2v) is 11.9. The Morgan fingerprint density at radius 1 is 1.11 bits per heavy atom. The molecular weight excluding hydrogens is 466 g/mol. The molecule has 0 saturated heterocycles. The van der Waals surface area contributed by atoms with Gasteiger partial charge in [0.2, 0.25) is 5.91 Å². The number of nitrogens with zero attached hydrogens (tertiary/aromatic N) is 2. The van der Waals surface area contributed by atoms with Crippen LogP contribution in [0.3, 0.4) is 0 Å². The van der Waals surface area contributed by atoms with Gasteiger partial charge in [-0.2, -0.15) is 0 Å². The molecule has 0 unspecified atom stereocenters. The fraction of sp³-hybridized carbons (Fsp3) is 0.733. The highest BCUT2D eigenvalue weighted by Gasteiger charge is 2.34. The Hall–Kier alpha value is -2.12. The molecule has 2 N–H and O–H groups in total. The predicted octanol–water partition coefficient (Wildman–Crippen LogP) is 4.94. The van der Waals surface area contributed by atoms with Gasteiger partial charge in [0, 0.05) is 37.2 Å². The number of ether oxygens (including phenoxy) is 1. The third kappa shape index (κ3) is 7.26. The van der Waals surface area contributed by atoms with Crippen LogP contribution in [0, 0.1) is 17.8 Å². The Kier molecular flexibility index (Phi) is 9.88. The number of carbonyl (C=O) groups is 2. The average molecular weight is 514 g/mol. The monoisotopic (exact) mass is 513 g/mol. The molecule has 0 spiro atoms. The summed E-state index contributed by atoms with van der Waals surface area (Å²) in [6, 6.07) is 5.13. The Bertz CT molecular complexity index is 910. The average Bonchev–Trinajstić information content (AvgIpc) is 2.91. The zero-order valence-corrected chi connectivity index (χ0v) is 23.1. The summed E-state index contributed by atoms with van der Waals surface area (Å²) < 4.78 is 6.55. The first-order valence-corrected chi connectivity index (χ1v) is 14.6. The van der Waals surface area contributed by atoms with Crippen LogP contribution in [0.5, 0.6) is 5.75 Å². The number of hydrogen-bond donors (Lipinski definition) is 2. The number of amides is 2. The Balaban J connectivity index is 1.53. The summed E-state index contributed by atoms with van der Waals surface area (Å²) in [7, 11) is 2.17. The summed E-state index contributed by atoms with van der Waals surface area (Å²) in [5.41, 5.74) is 1.08. The Morgan fingerprint density at radius 2 is 1.78 bits per heavy atom. The van der Waals surface area contributed by atoms with E-state index < -0.39 is 0 Å². The lowest BCUT2D eigenvalue weighted by Crippen LogP contribution is -2.50. The summed E-state index contributed by atoms with van der Waals surface area (Å²) in [5.74, 6) is 1.32. The van der Waals surface area contributed by atoms with Gasteiger partial charge in [0.25, 0.3) is 5.91 Å². The molecule has 1 aromatic carbocycles. The predicted molar refractivity (Wildman–Crippen MR) is 147 cm³/mol. The van der Waals surface area contributed by atoms with Crippen molar-refractivity contribution in [1.29, 1.82) is 0 Å². The first-order chi connectivity index (χ1) is 17.9. The number of fused-ring (bicyclic) bond motifs is 1. The number of aliphatic hydroxyl groups excluding tert-OH is 1. The van der Waals surface area contributed by atoms with Crippen LogP contribution >= 0.6 is 0 Å². The molecule has 3 atom stereocenters. The van der Waals surface area contributed by atoms with Gasteiger partial charge in [-0.05, 0) is 63.8 Å². The van der Waals surface area contributed by atoms with Crippen LogP contribution in [0.15, 0.2) is 18.2 Å². The minimum absolute atomic E-state index is 0.0373. The maximum atomic E-state index is 13.7. The van der Waals surface area contributed by atoms with Crippen molar-refractivity contribution in [2.45, 2.75) is 90.2 Å². The van der Waals surface area contributed by atoms with Crippen LogP contribution in [0.2, 0.25) is 0 Å².